The molecular formula is C21H16ClNO2. The van der Waals surface area contributed by atoms with Gasteiger partial charge in [0.05, 0.1) is 5.92 Å². The molecule has 0 unspecified atom stereocenters. The summed E-state index contributed by atoms with van der Waals surface area (Å²) in [7, 11) is 0. The Morgan fingerprint density at radius 1 is 0.920 bits per heavy atom. The fraction of sp³-hybridized carbons (Fsp3) is 0.0952. The molecule has 4 heteroatoms. The first-order valence-electron chi connectivity index (χ1n) is 8.10. The number of carbonyl (C=O) groups excluding carboxylic acids is 1. The van der Waals surface area contributed by atoms with Crippen LogP contribution in [0.1, 0.15) is 22.6 Å². The van der Waals surface area contributed by atoms with Crippen LogP contribution in [0.2, 0.25) is 5.02 Å². The molecule has 4 rings (SSSR count). The highest BCUT2D eigenvalue weighted by molar-refractivity contribution is 6.30. The molecule has 1 heterocycles. The Hall–Kier alpha value is -2.78. The zero-order chi connectivity index (χ0) is 17.2. The van der Waals surface area contributed by atoms with E-state index in [-0.39, 0.29) is 11.8 Å². The van der Waals surface area contributed by atoms with Crippen molar-refractivity contribution in [2.24, 2.45) is 0 Å². The lowest BCUT2D eigenvalue weighted by atomic mass is 9.87. The fourth-order valence-corrected chi connectivity index (χ4v) is 3.34. The molecule has 0 saturated carbocycles. The minimum absolute atomic E-state index is 0.0526. The second-order valence-corrected chi connectivity index (χ2v) is 6.39. The van der Waals surface area contributed by atoms with E-state index in [1.165, 1.54) is 0 Å². The topological polar surface area (TPSA) is 38.3 Å². The molecule has 3 aromatic rings. The number of fused-ring (bicyclic) bond motifs is 2. The van der Waals surface area contributed by atoms with Gasteiger partial charge in [-0.1, -0.05) is 60.1 Å². The summed E-state index contributed by atoms with van der Waals surface area (Å²) >= 11 is 6.01. The highest BCUT2D eigenvalue weighted by Gasteiger charge is 2.32. The van der Waals surface area contributed by atoms with Crippen LogP contribution in [-0.4, -0.2) is 5.91 Å². The lowest BCUT2D eigenvalue weighted by Crippen LogP contribution is -2.31. The van der Waals surface area contributed by atoms with Crippen molar-refractivity contribution in [3.63, 3.8) is 0 Å². The summed E-state index contributed by atoms with van der Waals surface area (Å²) in [6.45, 7) is 0.432. The average molecular weight is 350 g/mol. The van der Waals surface area contributed by atoms with E-state index < -0.39 is 0 Å². The van der Waals surface area contributed by atoms with Crippen molar-refractivity contribution < 1.29 is 9.53 Å². The maximum Gasteiger partial charge on any atom is 0.232 e. The Labute approximate surface area is 151 Å². The molecule has 0 spiro atoms. The maximum absolute atomic E-state index is 13.0. The molecule has 0 fully saturated rings. The maximum atomic E-state index is 13.0. The van der Waals surface area contributed by atoms with Gasteiger partial charge in [-0.05, 0) is 29.8 Å². The van der Waals surface area contributed by atoms with Crippen LogP contribution in [-0.2, 0) is 11.3 Å². The quantitative estimate of drug-likeness (QED) is 0.730. The molecule has 1 N–H and O–H groups in total. The van der Waals surface area contributed by atoms with Gasteiger partial charge < -0.3 is 10.1 Å². The standard InChI is InChI=1S/C21H16ClNO2/c22-15-7-5-6-14(12-15)13-23-21(24)20-16-8-1-3-10-18(16)25-19-11-4-2-9-17(19)20/h1-12,20H,13H2,(H,23,24). The molecule has 1 amide bonds. The third kappa shape index (κ3) is 3.11. The van der Waals surface area contributed by atoms with Crippen molar-refractivity contribution in [2.75, 3.05) is 0 Å². The first-order chi connectivity index (χ1) is 12.2. The van der Waals surface area contributed by atoms with Crippen LogP contribution in [0.15, 0.2) is 72.8 Å². The van der Waals surface area contributed by atoms with Crippen LogP contribution in [0.4, 0.5) is 0 Å². The number of rotatable bonds is 3. The van der Waals surface area contributed by atoms with Crippen molar-refractivity contribution in [1.82, 2.24) is 5.32 Å². The van der Waals surface area contributed by atoms with Gasteiger partial charge in [0.2, 0.25) is 5.91 Å². The number of carbonyl (C=O) groups is 1. The molecule has 0 radical (unpaired) electrons. The van der Waals surface area contributed by atoms with Gasteiger partial charge in [0.25, 0.3) is 0 Å². The number of benzene rings is 3. The van der Waals surface area contributed by atoms with Crippen molar-refractivity contribution in [3.05, 3.63) is 94.5 Å². The Morgan fingerprint density at radius 2 is 1.56 bits per heavy atom. The van der Waals surface area contributed by atoms with Gasteiger partial charge in [0.1, 0.15) is 11.5 Å². The van der Waals surface area contributed by atoms with E-state index in [0.29, 0.717) is 11.6 Å². The van der Waals surface area contributed by atoms with Crippen LogP contribution < -0.4 is 10.1 Å². The first kappa shape index (κ1) is 15.7. The van der Waals surface area contributed by atoms with Gasteiger partial charge in [0, 0.05) is 22.7 Å². The third-order valence-corrected chi connectivity index (χ3v) is 4.53. The van der Waals surface area contributed by atoms with E-state index in [9.17, 15) is 4.79 Å². The first-order valence-corrected chi connectivity index (χ1v) is 8.48. The third-order valence-electron chi connectivity index (χ3n) is 4.30. The number of hydrogen-bond acceptors (Lipinski definition) is 2. The molecule has 0 atom stereocenters. The summed E-state index contributed by atoms with van der Waals surface area (Å²) in [5.74, 6) is 1.01. The number of para-hydroxylation sites is 2. The van der Waals surface area contributed by atoms with Crippen LogP contribution in [0.5, 0.6) is 11.5 Å². The average Bonchev–Trinajstić information content (AvgIpc) is 2.64. The van der Waals surface area contributed by atoms with E-state index >= 15 is 0 Å². The van der Waals surface area contributed by atoms with Crippen molar-refractivity contribution in [2.45, 2.75) is 12.5 Å². The van der Waals surface area contributed by atoms with Crippen LogP contribution in [0.3, 0.4) is 0 Å². The van der Waals surface area contributed by atoms with Gasteiger partial charge in [-0.3, -0.25) is 4.79 Å². The molecule has 0 saturated heterocycles. The van der Waals surface area contributed by atoms with Crippen molar-refractivity contribution >= 4 is 17.5 Å². The molecule has 25 heavy (non-hydrogen) atoms. The summed E-state index contributed by atoms with van der Waals surface area (Å²) in [6.07, 6.45) is 0. The minimum atomic E-state index is -0.389. The van der Waals surface area contributed by atoms with Gasteiger partial charge in [0.15, 0.2) is 0 Å². The van der Waals surface area contributed by atoms with E-state index in [0.717, 1.165) is 28.2 Å². The monoisotopic (exact) mass is 349 g/mol. The Kier molecular flexibility index (Phi) is 4.16. The van der Waals surface area contributed by atoms with Gasteiger partial charge in [-0.15, -0.1) is 0 Å². The molecule has 3 aromatic carbocycles. The Balaban J connectivity index is 1.64. The molecule has 1 aliphatic rings. The largest absolute Gasteiger partial charge is 0.457 e. The number of ether oxygens (including phenoxy) is 1. The number of hydrogen-bond donors (Lipinski definition) is 1. The van der Waals surface area contributed by atoms with Crippen LogP contribution in [0.25, 0.3) is 0 Å². The zero-order valence-electron chi connectivity index (χ0n) is 13.4. The van der Waals surface area contributed by atoms with Crippen molar-refractivity contribution in [1.29, 1.82) is 0 Å². The lowest BCUT2D eigenvalue weighted by Gasteiger charge is -2.27. The number of halogens is 1. The molecule has 124 valence electrons. The Bertz CT molecular complexity index is 893. The van der Waals surface area contributed by atoms with Gasteiger partial charge in [-0.2, -0.15) is 0 Å². The summed E-state index contributed by atoms with van der Waals surface area (Å²) in [5, 5.41) is 3.69. The van der Waals surface area contributed by atoms with Gasteiger partial charge >= 0.3 is 0 Å². The minimum Gasteiger partial charge on any atom is -0.457 e. The molecule has 0 bridgehead atoms. The second-order valence-electron chi connectivity index (χ2n) is 5.96. The lowest BCUT2D eigenvalue weighted by molar-refractivity contribution is -0.122. The van der Waals surface area contributed by atoms with E-state index in [1.807, 2.05) is 72.8 Å². The summed E-state index contributed by atoms with van der Waals surface area (Å²) in [6, 6.07) is 22.8. The SMILES string of the molecule is O=C(NCc1cccc(Cl)c1)C1c2ccccc2Oc2ccccc21. The summed E-state index contributed by atoms with van der Waals surface area (Å²) in [5.41, 5.74) is 2.73. The van der Waals surface area contributed by atoms with Crippen LogP contribution >= 0.6 is 11.6 Å². The summed E-state index contributed by atoms with van der Waals surface area (Å²) < 4.78 is 5.94. The molecular weight excluding hydrogens is 334 g/mol. The molecule has 0 aliphatic carbocycles. The molecule has 0 aromatic heterocycles. The normalized spacial score (nSPS) is 12.7. The van der Waals surface area contributed by atoms with E-state index in [2.05, 4.69) is 5.32 Å². The Morgan fingerprint density at radius 3 is 2.20 bits per heavy atom. The predicted octanol–water partition coefficient (Wildman–Crippen LogP) is 4.89. The second kappa shape index (κ2) is 6.61. The highest BCUT2D eigenvalue weighted by Crippen LogP contribution is 2.43. The summed E-state index contributed by atoms with van der Waals surface area (Å²) in [4.78, 5) is 13.0. The van der Waals surface area contributed by atoms with Crippen LogP contribution in [0, 0.1) is 0 Å². The van der Waals surface area contributed by atoms with E-state index in [1.54, 1.807) is 0 Å². The highest BCUT2D eigenvalue weighted by atomic mass is 35.5. The zero-order valence-corrected chi connectivity index (χ0v) is 14.2. The number of nitrogens with one attached hydrogen (secondary N) is 1. The molecule has 3 nitrogen and oxygen atoms in total. The molecule has 1 aliphatic heterocycles. The fourth-order valence-electron chi connectivity index (χ4n) is 3.13. The van der Waals surface area contributed by atoms with Gasteiger partial charge in [-0.25, -0.2) is 0 Å². The van der Waals surface area contributed by atoms with Crippen molar-refractivity contribution in [3.8, 4) is 11.5 Å². The number of amides is 1. The predicted molar refractivity (Wildman–Crippen MR) is 98.1 cm³/mol. The van der Waals surface area contributed by atoms with E-state index in [4.69, 9.17) is 16.3 Å². The smallest absolute Gasteiger partial charge is 0.232 e.